The Balaban J connectivity index is 1.66. The second-order valence-electron chi connectivity index (χ2n) is 6.44. The number of carbonyl (C=O) groups excluding carboxylic acids is 1. The van der Waals surface area contributed by atoms with Gasteiger partial charge in [0, 0.05) is 23.7 Å². The summed E-state index contributed by atoms with van der Waals surface area (Å²) >= 11 is 1.54. The number of sulfonamides is 1. The summed E-state index contributed by atoms with van der Waals surface area (Å²) in [7, 11) is -3.46. The monoisotopic (exact) mass is 378 g/mol. The van der Waals surface area contributed by atoms with Gasteiger partial charge in [0.2, 0.25) is 15.9 Å². The first-order chi connectivity index (χ1) is 11.9. The molecule has 1 aromatic carbocycles. The number of anilines is 1. The van der Waals surface area contributed by atoms with Gasteiger partial charge in [0.25, 0.3) is 0 Å². The van der Waals surface area contributed by atoms with Gasteiger partial charge in [-0.3, -0.25) is 4.79 Å². The Morgan fingerprint density at radius 1 is 1.28 bits per heavy atom. The molecule has 1 N–H and O–H groups in total. The summed E-state index contributed by atoms with van der Waals surface area (Å²) in [6, 6.07) is 10.2. The van der Waals surface area contributed by atoms with Crippen LogP contribution in [0.1, 0.15) is 24.6 Å². The van der Waals surface area contributed by atoms with E-state index in [1.165, 1.54) is 11.3 Å². The molecule has 134 valence electrons. The minimum atomic E-state index is -3.46. The molecular formula is C18H22N2O3S2. The van der Waals surface area contributed by atoms with Crippen LogP contribution in [0.4, 0.5) is 5.69 Å². The van der Waals surface area contributed by atoms with Gasteiger partial charge in [0.15, 0.2) is 0 Å². The van der Waals surface area contributed by atoms with Crippen LogP contribution in [0.2, 0.25) is 0 Å². The molecule has 1 atom stereocenters. The van der Waals surface area contributed by atoms with Gasteiger partial charge >= 0.3 is 0 Å². The Morgan fingerprint density at radius 3 is 2.68 bits per heavy atom. The molecule has 0 radical (unpaired) electrons. The standard InChI is InChI=1S/C18H22N2O3S2/c1-14-4-2-10-20(13-14)25(22,23)17-8-6-15(7-9-17)19-18(21)12-16-5-3-11-24-16/h3,5-9,11,14H,2,4,10,12-13H2,1H3,(H,19,21)/t14-/m1/s1. The number of thiophene rings is 1. The molecule has 1 amide bonds. The summed E-state index contributed by atoms with van der Waals surface area (Å²) in [6.45, 7) is 3.22. The van der Waals surface area contributed by atoms with Crippen LogP contribution in [-0.2, 0) is 21.2 Å². The summed E-state index contributed by atoms with van der Waals surface area (Å²) in [6.07, 6.45) is 2.29. The summed E-state index contributed by atoms with van der Waals surface area (Å²) < 4.78 is 27.0. The molecule has 0 aliphatic carbocycles. The number of nitrogens with zero attached hydrogens (tertiary/aromatic N) is 1. The molecule has 0 saturated carbocycles. The van der Waals surface area contributed by atoms with Gasteiger partial charge in [0.05, 0.1) is 11.3 Å². The molecule has 0 bridgehead atoms. The Hall–Kier alpha value is -1.70. The average Bonchev–Trinajstić information content (AvgIpc) is 3.08. The fourth-order valence-electron chi connectivity index (χ4n) is 3.00. The quantitative estimate of drug-likeness (QED) is 0.868. The average molecular weight is 379 g/mol. The van der Waals surface area contributed by atoms with E-state index in [1.807, 2.05) is 17.5 Å². The number of nitrogens with one attached hydrogen (secondary N) is 1. The van der Waals surface area contributed by atoms with Crippen molar-refractivity contribution in [2.75, 3.05) is 18.4 Å². The van der Waals surface area contributed by atoms with E-state index in [-0.39, 0.29) is 10.8 Å². The Morgan fingerprint density at radius 2 is 2.04 bits per heavy atom. The number of hydrogen-bond donors (Lipinski definition) is 1. The molecule has 1 aliphatic heterocycles. The van der Waals surface area contributed by atoms with Gasteiger partial charge < -0.3 is 5.32 Å². The number of piperidine rings is 1. The van der Waals surface area contributed by atoms with Crippen LogP contribution in [0.25, 0.3) is 0 Å². The van der Waals surface area contributed by atoms with Crippen molar-refractivity contribution in [2.24, 2.45) is 5.92 Å². The fourth-order valence-corrected chi connectivity index (χ4v) is 5.30. The van der Waals surface area contributed by atoms with E-state index in [0.717, 1.165) is 17.7 Å². The zero-order valence-corrected chi connectivity index (χ0v) is 15.8. The lowest BCUT2D eigenvalue weighted by atomic mass is 10.0. The molecule has 1 aliphatic rings. The number of rotatable bonds is 5. The first kappa shape index (κ1) is 18.1. The summed E-state index contributed by atoms with van der Waals surface area (Å²) in [5.41, 5.74) is 0.604. The highest BCUT2D eigenvalue weighted by Gasteiger charge is 2.28. The normalized spacial score (nSPS) is 18.8. The zero-order valence-electron chi connectivity index (χ0n) is 14.1. The van der Waals surface area contributed by atoms with E-state index < -0.39 is 10.0 Å². The topological polar surface area (TPSA) is 66.5 Å². The third-order valence-electron chi connectivity index (χ3n) is 4.31. The third-order valence-corrected chi connectivity index (χ3v) is 7.07. The van der Waals surface area contributed by atoms with Crippen LogP contribution < -0.4 is 5.32 Å². The number of benzene rings is 1. The van der Waals surface area contributed by atoms with Gasteiger partial charge in [-0.25, -0.2) is 8.42 Å². The molecule has 25 heavy (non-hydrogen) atoms. The fraction of sp³-hybridized carbons (Fsp3) is 0.389. The largest absolute Gasteiger partial charge is 0.326 e. The first-order valence-electron chi connectivity index (χ1n) is 8.37. The second kappa shape index (κ2) is 7.68. The van der Waals surface area contributed by atoms with E-state index in [2.05, 4.69) is 12.2 Å². The van der Waals surface area contributed by atoms with Gasteiger partial charge in [-0.15, -0.1) is 11.3 Å². The van der Waals surface area contributed by atoms with Gasteiger partial charge in [0.1, 0.15) is 0 Å². The molecule has 1 saturated heterocycles. The molecule has 0 spiro atoms. The molecule has 2 aromatic rings. The van der Waals surface area contributed by atoms with Crippen LogP contribution >= 0.6 is 11.3 Å². The highest BCUT2D eigenvalue weighted by atomic mass is 32.2. The van der Waals surface area contributed by atoms with E-state index >= 15 is 0 Å². The van der Waals surface area contributed by atoms with Gasteiger partial charge in [-0.05, 0) is 54.5 Å². The predicted octanol–water partition coefficient (Wildman–Crippen LogP) is 3.35. The maximum atomic E-state index is 12.7. The molecule has 5 nitrogen and oxygen atoms in total. The van der Waals surface area contributed by atoms with Crippen LogP contribution in [0, 0.1) is 5.92 Å². The Labute approximate surface area is 152 Å². The van der Waals surface area contributed by atoms with Crippen LogP contribution in [0.15, 0.2) is 46.7 Å². The number of carbonyl (C=O) groups is 1. The second-order valence-corrected chi connectivity index (χ2v) is 9.41. The van der Waals surface area contributed by atoms with E-state index in [0.29, 0.717) is 31.1 Å². The molecule has 7 heteroatoms. The Kier molecular flexibility index (Phi) is 5.56. The molecule has 1 fully saturated rings. The lowest BCUT2D eigenvalue weighted by molar-refractivity contribution is -0.115. The minimum Gasteiger partial charge on any atom is -0.326 e. The van der Waals surface area contributed by atoms with Crippen molar-refractivity contribution in [2.45, 2.75) is 31.1 Å². The SMILES string of the molecule is C[C@@H]1CCCN(S(=O)(=O)c2ccc(NC(=O)Cc3cccs3)cc2)C1. The Bertz CT molecular complexity index is 815. The summed E-state index contributed by atoms with van der Waals surface area (Å²) in [5.74, 6) is 0.280. The van der Waals surface area contributed by atoms with Crippen molar-refractivity contribution in [3.05, 3.63) is 46.7 Å². The molecular weight excluding hydrogens is 356 g/mol. The molecule has 3 rings (SSSR count). The summed E-state index contributed by atoms with van der Waals surface area (Å²) in [5, 5.41) is 4.74. The maximum absolute atomic E-state index is 12.7. The van der Waals surface area contributed by atoms with Crippen molar-refractivity contribution in [1.82, 2.24) is 4.31 Å². The van der Waals surface area contributed by atoms with Crippen molar-refractivity contribution >= 4 is 33.0 Å². The van der Waals surface area contributed by atoms with E-state index in [4.69, 9.17) is 0 Å². The predicted molar refractivity (Wildman–Crippen MR) is 100 cm³/mol. The molecule has 2 heterocycles. The van der Waals surface area contributed by atoms with E-state index in [1.54, 1.807) is 28.6 Å². The highest BCUT2D eigenvalue weighted by molar-refractivity contribution is 7.89. The first-order valence-corrected chi connectivity index (χ1v) is 10.7. The minimum absolute atomic E-state index is 0.108. The smallest absolute Gasteiger partial charge is 0.243 e. The highest BCUT2D eigenvalue weighted by Crippen LogP contribution is 2.24. The van der Waals surface area contributed by atoms with Crippen molar-refractivity contribution in [3.63, 3.8) is 0 Å². The maximum Gasteiger partial charge on any atom is 0.243 e. The third kappa shape index (κ3) is 4.48. The van der Waals surface area contributed by atoms with Crippen molar-refractivity contribution in [1.29, 1.82) is 0 Å². The van der Waals surface area contributed by atoms with Gasteiger partial charge in [-0.1, -0.05) is 13.0 Å². The van der Waals surface area contributed by atoms with E-state index in [9.17, 15) is 13.2 Å². The number of amides is 1. The van der Waals surface area contributed by atoms with Crippen molar-refractivity contribution in [3.8, 4) is 0 Å². The zero-order chi connectivity index (χ0) is 17.9. The van der Waals surface area contributed by atoms with Gasteiger partial charge in [-0.2, -0.15) is 4.31 Å². The van der Waals surface area contributed by atoms with Crippen molar-refractivity contribution < 1.29 is 13.2 Å². The lowest BCUT2D eigenvalue weighted by Crippen LogP contribution is -2.39. The number of hydrogen-bond acceptors (Lipinski definition) is 4. The molecule has 1 aromatic heterocycles. The van der Waals surface area contributed by atoms with Crippen LogP contribution in [0.5, 0.6) is 0 Å². The lowest BCUT2D eigenvalue weighted by Gasteiger charge is -2.30. The van der Waals surface area contributed by atoms with Crippen LogP contribution in [0.3, 0.4) is 0 Å². The summed E-state index contributed by atoms with van der Waals surface area (Å²) in [4.78, 5) is 13.3. The molecule has 0 unspecified atom stereocenters. The van der Waals surface area contributed by atoms with Crippen LogP contribution in [-0.4, -0.2) is 31.7 Å².